The first-order chi connectivity index (χ1) is 6.26. The van der Waals surface area contributed by atoms with E-state index in [4.69, 9.17) is 5.11 Å². The summed E-state index contributed by atoms with van der Waals surface area (Å²) in [6.07, 6.45) is 1.07. The van der Waals surface area contributed by atoms with Crippen molar-refractivity contribution in [2.75, 3.05) is 6.61 Å². The van der Waals surface area contributed by atoms with Gasteiger partial charge in [-0.2, -0.15) is 0 Å². The van der Waals surface area contributed by atoms with Crippen LogP contribution in [0.3, 0.4) is 0 Å². The molecule has 0 aromatic rings. The number of rotatable bonds is 6. The lowest BCUT2D eigenvalue weighted by Crippen LogP contribution is -2.22. The van der Waals surface area contributed by atoms with Gasteiger partial charge in [0.25, 0.3) is 0 Å². The Balaban J connectivity index is 4.00. The van der Waals surface area contributed by atoms with Crippen LogP contribution in [0.2, 0.25) is 25.7 Å². The predicted octanol–water partition coefficient (Wildman–Crippen LogP) is 3.54. The average Bonchev–Trinajstić information content (AvgIpc) is 2.00. The van der Waals surface area contributed by atoms with Crippen molar-refractivity contribution in [3.05, 3.63) is 12.2 Å². The third-order valence-electron chi connectivity index (χ3n) is 2.52. The monoisotopic (exact) mass is 214 g/mol. The fourth-order valence-electron chi connectivity index (χ4n) is 1.70. The molecule has 1 nitrogen and oxygen atoms in total. The van der Waals surface area contributed by atoms with Crippen LogP contribution in [-0.4, -0.2) is 19.8 Å². The van der Waals surface area contributed by atoms with Gasteiger partial charge in [0.2, 0.25) is 0 Å². The molecule has 0 amide bonds. The standard InChI is InChI=1S/C12H26OSi/c1-10(8-13)7-11(2)12(3)9-14(4,5)6/h10-11,13H,3,7-9H2,1-2,4-6H3/t10-,11+/m1/s1. The quantitative estimate of drug-likeness (QED) is 0.530. The molecule has 0 heterocycles. The number of aliphatic hydroxyl groups excluding tert-OH is 1. The molecule has 0 aliphatic rings. The highest BCUT2D eigenvalue weighted by molar-refractivity contribution is 6.76. The van der Waals surface area contributed by atoms with E-state index < -0.39 is 8.07 Å². The van der Waals surface area contributed by atoms with Gasteiger partial charge in [-0.15, -0.1) is 0 Å². The summed E-state index contributed by atoms with van der Waals surface area (Å²) >= 11 is 0. The van der Waals surface area contributed by atoms with E-state index in [-0.39, 0.29) is 0 Å². The molecule has 0 aliphatic heterocycles. The maximum atomic E-state index is 8.98. The SMILES string of the molecule is C=C(C[Si](C)(C)C)[C@@H](C)C[C@@H](C)CO. The lowest BCUT2D eigenvalue weighted by Gasteiger charge is -2.23. The van der Waals surface area contributed by atoms with E-state index in [1.54, 1.807) is 0 Å². The van der Waals surface area contributed by atoms with E-state index in [1.165, 1.54) is 11.6 Å². The highest BCUT2D eigenvalue weighted by atomic mass is 28.3. The lowest BCUT2D eigenvalue weighted by atomic mass is 9.93. The Bertz CT molecular complexity index is 181. The van der Waals surface area contributed by atoms with Crippen LogP contribution < -0.4 is 0 Å². The smallest absolute Gasteiger partial charge is 0.0483 e. The molecule has 0 unspecified atom stereocenters. The zero-order valence-corrected chi connectivity index (χ0v) is 11.4. The van der Waals surface area contributed by atoms with Crippen LogP contribution in [0, 0.1) is 11.8 Å². The van der Waals surface area contributed by atoms with E-state index in [0.29, 0.717) is 18.4 Å². The van der Waals surface area contributed by atoms with E-state index in [0.717, 1.165) is 6.42 Å². The Labute approximate surface area is 90.2 Å². The molecule has 0 fully saturated rings. The zero-order chi connectivity index (χ0) is 11.4. The Morgan fingerprint density at radius 2 is 1.79 bits per heavy atom. The Morgan fingerprint density at radius 1 is 1.29 bits per heavy atom. The number of allylic oxidation sites excluding steroid dienone is 1. The average molecular weight is 214 g/mol. The second-order valence-electron chi connectivity index (χ2n) is 5.82. The van der Waals surface area contributed by atoms with Crippen LogP contribution >= 0.6 is 0 Å². The summed E-state index contributed by atoms with van der Waals surface area (Å²) in [5.74, 6) is 0.965. The van der Waals surface area contributed by atoms with E-state index in [1.807, 2.05) is 0 Å². The summed E-state index contributed by atoms with van der Waals surface area (Å²) in [5, 5.41) is 8.98. The third-order valence-corrected chi connectivity index (χ3v) is 4.04. The van der Waals surface area contributed by atoms with Gasteiger partial charge >= 0.3 is 0 Å². The number of aliphatic hydroxyl groups is 1. The molecule has 0 aromatic carbocycles. The van der Waals surface area contributed by atoms with Crippen LogP contribution in [0.4, 0.5) is 0 Å². The molecule has 0 radical (unpaired) electrons. The molecule has 0 bridgehead atoms. The minimum Gasteiger partial charge on any atom is -0.396 e. The molecule has 0 rings (SSSR count). The van der Waals surface area contributed by atoms with Crippen molar-refractivity contribution in [1.29, 1.82) is 0 Å². The summed E-state index contributed by atoms with van der Waals surface area (Å²) in [6.45, 7) is 15.9. The lowest BCUT2D eigenvalue weighted by molar-refractivity contribution is 0.220. The maximum absolute atomic E-state index is 8.98. The molecule has 84 valence electrons. The topological polar surface area (TPSA) is 20.2 Å². The van der Waals surface area contributed by atoms with Crippen molar-refractivity contribution in [3.63, 3.8) is 0 Å². The zero-order valence-electron chi connectivity index (χ0n) is 10.4. The fraction of sp³-hybridized carbons (Fsp3) is 0.833. The minimum atomic E-state index is -1.01. The molecule has 2 heteroatoms. The van der Waals surface area contributed by atoms with Crippen molar-refractivity contribution >= 4 is 8.07 Å². The molecule has 1 N–H and O–H groups in total. The molecule has 0 aliphatic carbocycles. The second-order valence-corrected chi connectivity index (χ2v) is 11.3. The minimum absolute atomic E-state index is 0.296. The molecule has 0 saturated heterocycles. The predicted molar refractivity (Wildman–Crippen MR) is 67.3 cm³/mol. The van der Waals surface area contributed by atoms with E-state index >= 15 is 0 Å². The van der Waals surface area contributed by atoms with Gasteiger partial charge in [0.05, 0.1) is 0 Å². The Kier molecular flexibility index (Phi) is 5.68. The van der Waals surface area contributed by atoms with Gasteiger partial charge in [0.1, 0.15) is 0 Å². The largest absolute Gasteiger partial charge is 0.396 e. The number of hydrogen-bond donors (Lipinski definition) is 1. The molecular weight excluding hydrogens is 188 g/mol. The first-order valence-corrected chi connectivity index (χ1v) is 9.25. The third kappa shape index (κ3) is 6.38. The van der Waals surface area contributed by atoms with E-state index in [2.05, 4.69) is 40.1 Å². The van der Waals surface area contributed by atoms with Crippen molar-refractivity contribution in [3.8, 4) is 0 Å². The molecule has 14 heavy (non-hydrogen) atoms. The number of hydrogen-bond acceptors (Lipinski definition) is 1. The second kappa shape index (κ2) is 5.71. The van der Waals surface area contributed by atoms with Crippen LogP contribution in [0.15, 0.2) is 12.2 Å². The van der Waals surface area contributed by atoms with Crippen molar-refractivity contribution in [1.82, 2.24) is 0 Å². The van der Waals surface area contributed by atoms with Gasteiger partial charge in [-0.25, -0.2) is 0 Å². The van der Waals surface area contributed by atoms with Gasteiger partial charge in [-0.05, 0) is 24.3 Å². The van der Waals surface area contributed by atoms with Gasteiger partial charge in [0, 0.05) is 14.7 Å². The molecule has 0 spiro atoms. The van der Waals surface area contributed by atoms with Crippen molar-refractivity contribution in [2.45, 2.75) is 46.0 Å². The Hall–Kier alpha value is -0.0831. The highest BCUT2D eigenvalue weighted by Gasteiger charge is 2.18. The summed E-state index contributed by atoms with van der Waals surface area (Å²) in [4.78, 5) is 0. The van der Waals surface area contributed by atoms with Crippen LogP contribution in [0.1, 0.15) is 20.3 Å². The fourth-order valence-corrected chi connectivity index (χ4v) is 3.41. The first kappa shape index (κ1) is 13.9. The van der Waals surface area contributed by atoms with Crippen LogP contribution in [0.5, 0.6) is 0 Å². The van der Waals surface area contributed by atoms with Crippen molar-refractivity contribution in [2.24, 2.45) is 11.8 Å². The Morgan fingerprint density at radius 3 is 2.14 bits per heavy atom. The maximum Gasteiger partial charge on any atom is 0.0483 e. The van der Waals surface area contributed by atoms with Crippen LogP contribution in [0.25, 0.3) is 0 Å². The van der Waals surface area contributed by atoms with Gasteiger partial charge in [-0.1, -0.05) is 45.6 Å². The normalized spacial score (nSPS) is 16.4. The summed E-state index contributed by atoms with van der Waals surface area (Å²) < 4.78 is 0. The first-order valence-electron chi connectivity index (χ1n) is 5.55. The molecule has 0 aromatic heterocycles. The summed E-state index contributed by atoms with van der Waals surface area (Å²) in [7, 11) is -1.01. The highest BCUT2D eigenvalue weighted by Crippen LogP contribution is 2.25. The molecule has 2 atom stereocenters. The van der Waals surface area contributed by atoms with E-state index in [9.17, 15) is 0 Å². The molecular formula is C12H26OSi. The summed E-state index contributed by atoms with van der Waals surface area (Å²) in [5.41, 5.74) is 1.38. The van der Waals surface area contributed by atoms with Crippen molar-refractivity contribution < 1.29 is 5.11 Å². The summed E-state index contributed by atoms with van der Waals surface area (Å²) in [6, 6.07) is 1.21. The van der Waals surface area contributed by atoms with Crippen LogP contribution in [-0.2, 0) is 0 Å². The van der Waals surface area contributed by atoms with Gasteiger partial charge in [-0.3, -0.25) is 0 Å². The molecule has 0 saturated carbocycles. The van der Waals surface area contributed by atoms with Gasteiger partial charge in [0.15, 0.2) is 0 Å². The van der Waals surface area contributed by atoms with Gasteiger partial charge < -0.3 is 5.11 Å².